The molecule has 0 saturated carbocycles. The van der Waals surface area contributed by atoms with Crippen molar-refractivity contribution in [3.05, 3.63) is 20.3 Å². The molecular formula is C21H31BrO2S2. The van der Waals surface area contributed by atoms with E-state index in [2.05, 4.69) is 28.2 Å². The van der Waals surface area contributed by atoms with Crippen LogP contribution < -0.4 is 0 Å². The Bertz CT molecular complexity index is 675. The molecule has 5 heteroatoms. The maximum atomic E-state index is 12.3. The van der Waals surface area contributed by atoms with Crippen molar-refractivity contribution in [1.29, 1.82) is 0 Å². The molecule has 146 valence electrons. The summed E-state index contributed by atoms with van der Waals surface area (Å²) < 4.78 is 8.83. The van der Waals surface area contributed by atoms with Crippen LogP contribution in [0.4, 0.5) is 0 Å². The van der Waals surface area contributed by atoms with Crippen LogP contribution in [0.2, 0.25) is 0 Å². The van der Waals surface area contributed by atoms with Gasteiger partial charge in [-0.05, 0) is 41.3 Å². The first-order chi connectivity index (χ1) is 12.7. The Morgan fingerprint density at radius 1 is 0.962 bits per heavy atom. The van der Waals surface area contributed by atoms with Crippen LogP contribution in [0.25, 0.3) is 9.40 Å². The monoisotopic (exact) mass is 458 g/mol. The number of ether oxygens (including phenoxy) is 1. The Morgan fingerprint density at radius 3 is 2.19 bits per heavy atom. The molecule has 0 spiro atoms. The molecule has 0 aliphatic carbocycles. The highest BCUT2D eigenvalue weighted by atomic mass is 79.9. The normalized spacial score (nSPS) is 11.3. The van der Waals surface area contributed by atoms with E-state index in [0.29, 0.717) is 6.61 Å². The molecule has 2 heterocycles. The zero-order valence-electron chi connectivity index (χ0n) is 16.1. The third-order valence-electron chi connectivity index (χ3n) is 4.70. The van der Waals surface area contributed by atoms with Crippen molar-refractivity contribution < 1.29 is 9.53 Å². The van der Waals surface area contributed by atoms with Crippen LogP contribution >= 0.6 is 38.6 Å². The number of hydrogen-bond acceptors (Lipinski definition) is 4. The van der Waals surface area contributed by atoms with Crippen LogP contribution in [0.1, 0.15) is 93.3 Å². The first-order valence-corrected chi connectivity index (χ1v) is 12.5. The standard InChI is InChI=1S/C21H31BrO2S2/c1-3-5-6-7-8-9-10-11-12-13-14-16-18-20(17(22)15-25-18)26-19(16)21(23)24-4-2/h15H,3-14H2,1-2H3. The highest BCUT2D eigenvalue weighted by molar-refractivity contribution is 9.10. The van der Waals surface area contributed by atoms with E-state index >= 15 is 0 Å². The number of esters is 1. The highest BCUT2D eigenvalue weighted by Gasteiger charge is 2.21. The van der Waals surface area contributed by atoms with E-state index in [1.54, 1.807) is 22.7 Å². The van der Waals surface area contributed by atoms with E-state index in [4.69, 9.17) is 4.74 Å². The van der Waals surface area contributed by atoms with Gasteiger partial charge in [-0.1, -0.05) is 64.7 Å². The summed E-state index contributed by atoms with van der Waals surface area (Å²) in [6.45, 7) is 4.57. The molecule has 0 atom stereocenters. The molecule has 0 aliphatic rings. The second kappa shape index (κ2) is 12.1. The Kier molecular flexibility index (Phi) is 10.2. The van der Waals surface area contributed by atoms with Gasteiger partial charge in [-0.2, -0.15) is 0 Å². The van der Waals surface area contributed by atoms with Crippen LogP contribution in [0.15, 0.2) is 9.85 Å². The van der Waals surface area contributed by atoms with Gasteiger partial charge in [0.25, 0.3) is 0 Å². The maximum Gasteiger partial charge on any atom is 0.348 e. The fourth-order valence-corrected chi connectivity index (χ4v) is 6.48. The predicted molar refractivity (Wildman–Crippen MR) is 119 cm³/mol. The minimum atomic E-state index is -0.158. The number of carbonyl (C=O) groups is 1. The number of hydrogen-bond donors (Lipinski definition) is 0. The molecule has 2 aromatic rings. The molecule has 0 bridgehead atoms. The van der Waals surface area contributed by atoms with E-state index in [1.807, 2.05) is 6.92 Å². The Hall–Kier alpha value is -0.390. The fourth-order valence-electron chi connectivity index (χ4n) is 3.27. The number of rotatable bonds is 13. The second-order valence-electron chi connectivity index (χ2n) is 6.80. The summed E-state index contributed by atoms with van der Waals surface area (Å²) in [5.41, 5.74) is 1.21. The lowest BCUT2D eigenvalue weighted by molar-refractivity contribution is 0.0531. The van der Waals surface area contributed by atoms with Gasteiger partial charge in [0.1, 0.15) is 4.88 Å². The molecule has 2 aromatic heterocycles. The van der Waals surface area contributed by atoms with E-state index in [9.17, 15) is 4.79 Å². The van der Waals surface area contributed by atoms with Gasteiger partial charge in [0.05, 0.1) is 16.0 Å². The van der Waals surface area contributed by atoms with Gasteiger partial charge < -0.3 is 4.74 Å². The van der Waals surface area contributed by atoms with Gasteiger partial charge in [-0.3, -0.25) is 0 Å². The summed E-state index contributed by atoms with van der Waals surface area (Å²) in [6, 6.07) is 0. The van der Waals surface area contributed by atoms with Gasteiger partial charge in [0.15, 0.2) is 0 Å². The van der Waals surface area contributed by atoms with Gasteiger partial charge in [0, 0.05) is 9.85 Å². The lowest BCUT2D eigenvalue weighted by atomic mass is 10.0. The van der Waals surface area contributed by atoms with Crippen LogP contribution in [0.5, 0.6) is 0 Å². The third kappa shape index (κ3) is 6.35. The van der Waals surface area contributed by atoms with E-state index < -0.39 is 0 Å². The summed E-state index contributed by atoms with van der Waals surface area (Å²) in [5.74, 6) is -0.158. The fraction of sp³-hybridized carbons (Fsp3) is 0.667. The molecular weight excluding hydrogens is 428 g/mol. The highest BCUT2D eigenvalue weighted by Crippen LogP contribution is 2.41. The van der Waals surface area contributed by atoms with Crippen molar-refractivity contribution in [1.82, 2.24) is 0 Å². The number of fused-ring (bicyclic) bond motifs is 1. The zero-order chi connectivity index (χ0) is 18.8. The Balaban J connectivity index is 1.78. The van der Waals surface area contributed by atoms with E-state index in [0.717, 1.165) is 22.2 Å². The zero-order valence-corrected chi connectivity index (χ0v) is 19.3. The van der Waals surface area contributed by atoms with Crippen molar-refractivity contribution in [3.8, 4) is 0 Å². The summed E-state index contributed by atoms with van der Waals surface area (Å²) >= 11 is 6.91. The predicted octanol–water partition coefficient (Wildman–Crippen LogP) is 8.37. The molecule has 0 radical (unpaired) electrons. The van der Waals surface area contributed by atoms with Crippen LogP contribution in [0.3, 0.4) is 0 Å². The summed E-state index contributed by atoms with van der Waals surface area (Å²) in [6.07, 6.45) is 14.3. The molecule has 0 saturated heterocycles. The molecule has 0 N–H and O–H groups in total. The lowest BCUT2D eigenvalue weighted by Crippen LogP contribution is -2.05. The topological polar surface area (TPSA) is 26.3 Å². The number of thiophene rings is 2. The van der Waals surface area contributed by atoms with Gasteiger partial charge in [0.2, 0.25) is 0 Å². The van der Waals surface area contributed by atoms with Gasteiger partial charge in [-0.15, -0.1) is 22.7 Å². The number of halogens is 1. The van der Waals surface area contributed by atoms with Crippen LogP contribution in [0, 0.1) is 0 Å². The number of unbranched alkanes of at least 4 members (excludes halogenated alkanes) is 9. The largest absolute Gasteiger partial charge is 0.462 e. The number of aryl methyl sites for hydroxylation is 1. The third-order valence-corrected chi connectivity index (χ3v) is 8.30. The molecule has 0 unspecified atom stereocenters. The first kappa shape index (κ1) is 21.9. The summed E-state index contributed by atoms with van der Waals surface area (Å²) in [4.78, 5) is 13.1. The average molecular weight is 460 g/mol. The quantitative estimate of drug-likeness (QED) is 0.222. The van der Waals surface area contributed by atoms with Crippen molar-refractivity contribution in [3.63, 3.8) is 0 Å². The van der Waals surface area contributed by atoms with E-state index in [1.165, 1.54) is 72.8 Å². The van der Waals surface area contributed by atoms with Gasteiger partial charge >= 0.3 is 5.97 Å². The number of carbonyl (C=O) groups excluding carboxylic acids is 1. The smallest absolute Gasteiger partial charge is 0.348 e. The molecule has 0 amide bonds. The molecule has 2 rings (SSSR count). The molecule has 0 aromatic carbocycles. The Labute approximate surface area is 174 Å². The van der Waals surface area contributed by atoms with Gasteiger partial charge in [-0.25, -0.2) is 4.79 Å². The lowest BCUT2D eigenvalue weighted by Gasteiger charge is -2.05. The molecule has 2 nitrogen and oxygen atoms in total. The summed E-state index contributed by atoms with van der Waals surface area (Å²) in [7, 11) is 0. The molecule has 0 fully saturated rings. The molecule has 0 aliphatic heterocycles. The van der Waals surface area contributed by atoms with Crippen LogP contribution in [-0.4, -0.2) is 12.6 Å². The summed E-state index contributed by atoms with van der Waals surface area (Å²) in [5, 5.41) is 2.12. The second-order valence-corrected chi connectivity index (χ2v) is 9.56. The minimum absolute atomic E-state index is 0.158. The maximum absolute atomic E-state index is 12.3. The SMILES string of the molecule is CCCCCCCCCCCCc1c(C(=O)OCC)sc2c(Br)csc12. The van der Waals surface area contributed by atoms with Crippen molar-refractivity contribution in [2.75, 3.05) is 6.61 Å². The van der Waals surface area contributed by atoms with E-state index in [-0.39, 0.29) is 5.97 Å². The molecule has 26 heavy (non-hydrogen) atoms. The Morgan fingerprint density at radius 2 is 1.58 bits per heavy atom. The minimum Gasteiger partial charge on any atom is -0.462 e. The average Bonchev–Trinajstić information content (AvgIpc) is 3.17. The first-order valence-electron chi connectivity index (χ1n) is 10.0. The van der Waals surface area contributed by atoms with Crippen molar-refractivity contribution in [2.45, 2.75) is 84.5 Å². The van der Waals surface area contributed by atoms with Crippen molar-refractivity contribution >= 4 is 54.0 Å². The van der Waals surface area contributed by atoms with Crippen molar-refractivity contribution in [2.24, 2.45) is 0 Å². The van der Waals surface area contributed by atoms with Crippen LogP contribution in [-0.2, 0) is 11.2 Å².